The number of amides is 1. The Kier molecular flexibility index (Phi) is 4.87. The Balaban J connectivity index is 2.11. The topological polar surface area (TPSA) is 45.2 Å². The molecule has 1 aromatic heterocycles. The Hall–Kier alpha value is -1.72. The molecular weight excluding hydrogens is 318 g/mol. The molecule has 0 saturated heterocycles. The molecule has 4 nitrogen and oxygen atoms in total. The standard InChI is InChI=1S/C15H16BrN3O/c1-19(2)10-12-3-4-13(9-14(12)16)18-15(20)11-5-7-17-8-6-11/h3-9H,10H2,1-2H3,(H,18,20). The third-order valence-corrected chi connectivity index (χ3v) is 3.48. The monoisotopic (exact) mass is 333 g/mol. The van der Waals surface area contributed by atoms with Gasteiger partial charge in [-0.2, -0.15) is 0 Å². The molecule has 5 heteroatoms. The van der Waals surface area contributed by atoms with E-state index in [0.29, 0.717) is 5.56 Å². The van der Waals surface area contributed by atoms with Gasteiger partial charge in [-0.05, 0) is 43.9 Å². The molecule has 1 N–H and O–H groups in total. The number of pyridine rings is 1. The van der Waals surface area contributed by atoms with Gasteiger partial charge in [-0.1, -0.05) is 22.0 Å². The van der Waals surface area contributed by atoms with Crippen molar-refractivity contribution >= 4 is 27.5 Å². The number of carbonyl (C=O) groups excluding carboxylic acids is 1. The maximum atomic E-state index is 12.0. The van der Waals surface area contributed by atoms with Crippen molar-refractivity contribution in [3.8, 4) is 0 Å². The number of anilines is 1. The second kappa shape index (κ2) is 6.63. The van der Waals surface area contributed by atoms with Crippen molar-refractivity contribution in [2.24, 2.45) is 0 Å². The van der Waals surface area contributed by atoms with E-state index in [1.165, 1.54) is 5.56 Å². The summed E-state index contributed by atoms with van der Waals surface area (Å²) in [6.07, 6.45) is 3.20. The lowest BCUT2D eigenvalue weighted by Crippen LogP contribution is -2.13. The molecule has 0 aliphatic carbocycles. The number of nitrogens with zero attached hydrogens (tertiary/aromatic N) is 2. The maximum absolute atomic E-state index is 12.0. The summed E-state index contributed by atoms with van der Waals surface area (Å²) in [6.45, 7) is 0.846. The molecule has 0 unspecified atom stereocenters. The Morgan fingerprint density at radius 3 is 2.55 bits per heavy atom. The molecule has 20 heavy (non-hydrogen) atoms. The van der Waals surface area contributed by atoms with Crippen LogP contribution in [0.3, 0.4) is 0 Å². The Labute approximate surface area is 127 Å². The molecule has 0 aliphatic rings. The molecule has 1 amide bonds. The van der Waals surface area contributed by atoms with E-state index in [2.05, 4.69) is 31.1 Å². The average Bonchev–Trinajstić information content (AvgIpc) is 2.42. The molecule has 0 saturated carbocycles. The second-order valence-electron chi connectivity index (χ2n) is 4.73. The molecule has 0 radical (unpaired) electrons. The van der Waals surface area contributed by atoms with Gasteiger partial charge in [-0.15, -0.1) is 0 Å². The van der Waals surface area contributed by atoms with Gasteiger partial charge in [0.1, 0.15) is 0 Å². The molecule has 1 aromatic carbocycles. The van der Waals surface area contributed by atoms with Crippen LogP contribution in [0.25, 0.3) is 0 Å². The summed E-state index contributed by atoms with van der Waals surface area (Å²) >= 11 is 3.53. The fourth-order valence-corrected chi connectivity index (χ4v) is 2.30. The molecule has 0 fully saturated rings. The highest BCUT2D eigenvalue weighted by molar-refractivity contribution is 9.10. The van der Waals surface area contributed by atoms with E-state index in [0.717, 1.165) is 16.7 Å². The first-order valence-corrected chi connectivity index (χ1v) is 7.00. The van der Waals surface area contributed by atoms with Crippen LogP contribution in [-0.2, 0) is 6.54 Å². The normalized spacial score (nSPS) is 10.6. The zero-order valence-corrected chi connectivity index (χ0v) is 13.0. The third kappa shape index (κ3) is 3.88. The van der Waals surface area contributed by atoms with Gasteiger partial charge in [-0.3, -0.25) is 9.78 Å². The lowest BCUT2D eigenvalue weighted by atomic mass is 10.2. The highest BCUT2D eigenvalue weighted by Gasteiger charge is 2.07. The van der Waals surface area contributed by atoms with Gasteiger partial charge >= 0.3 is 0 Å². The largest absolute Gasteiger partial charge is 0.322 e. The van der Waals surface area contributed by atoms with E-state index in [-0.39, 0.29) is 5.91 Å². The van der Waals surface area contributed by atoms with Crippen molar-refractivity contribution in [1.29, 1.82) is 0 Å². The highest BCUT2D eigenvalue weighted by Crippen LogP contribution is 2.22. The van der Waals surface area contributed by atoms with Crippen molar-refractivity contribution in [2.75, 3.05) is 19.4 Å². The predicted molar refractivity (Wildman–Crippen MR) is 83.7 cm³/mol. The van der Waals surface area contributed by atoms with Gasteiger partial charge in [0.2, 0.25) is 0 Å². The SMILES string of the molecule is CN(C)Cc1ccc(NC(=O)c2ccncc2)cc1Br. The number of aromatic nitrogens is 1. The summed E-state index contributed by atoms with van der Waals surface area (Å²) in [6, 6.07) is 9.20. The second-order valence-corrected chi connectivity index (χ2v) is 5.59. The van der Waals surface area contributed by atoms with Crippen molar-refractivity contribution in [2.45, 2.75) is 6.54 Å². The smallest absolute Gasteiger partial charge is 0.255 e. The zero-order chi connectivity index (χ0) is 14.5. The van der Waals surface area contributed by atoms with Crippen molar-refractivity contribution in [1.82, 2.24) is 9.88 Å². The highest BCUT2D eigenvalue weighted by atomic mass is 79.9. The molecule has 2 aromatic rings. The minimum Gasteiger partial charge on any atom is -0.322 e. The summed E-state index contributed by atoms with van der Waals surface area (Å²) in [7, 11) is 4.04. The zero-order valence-electron chi connectivity index (χ0n) is 11.4. The molecule has 0 atom stereocenters. The molecule has 0 spiro atoms. The van der Waals surface area contributed by atoms with Gasteiger partial charge in [0.25, 0.3) is 5.91 Å². The van der Waals surface area contributed by atoms with Crippen LogP contribution in [0.1, 0.15) is 15.9 Å². The number of hydrogen-bond acceptors (Lipinski definition) is 3. The number of rotatable bonds is 4. The number of nitrogens with one attached hydrogen (secondary N) is 1. The summed E-state index contributed by atoms with van der Waals surface area (Å²) in [5.41, 5.74) is 2.53. The first kappa shape index (κ1) is 14.7. The van der Waals surface area contributed by atoms with Crippen LogP contribution >= 0.6 is 15.9 Å². The number of benzene rings is 1. The Morgan fingerprint density at radius 2 is 1.95 bits per heavy atom. The van der Waals surface area contributed by atoms with E-state index in [4.69, 9.17) is 0 Å². The fraction of sp³-hybridized carbons (Fsp3) is 0.200. The average molecular weight is 334 g/mol. The van der Waals surface area contributed by atoms with Crippen LogP contribution in [0.4, 0.5) is 5.69 Å². The minimum absolute atomic E-state index is 0.139. The van der Waals surface area contributed by atoms with Crippen molar-refractivity contribution < 1.29 is 4.79 Å². The molecule has 104 valence electrons. The summed E-state index contributed by atoms with van der Waals surface area (Å²) in [5, 5.41) is 2.87. The first-order valence-electron chi connectivity index (χ1n) is 6.21. The molecule has 0 bridgehead atoms. The lowest BCUT2D eigenvalue weighted by molar-refractivity contribution is 0.102. The molecular formula is C15H16BrN3O. The van der Waals surface area contributed by atoms with Gasteiger partial charge in [0.05, 0.1) is 0 Å². The van der Waals surface area contributed by atoms with Crippen LogP contribution in [-0.4, -0.2) is 29.9 Å². The van der Waals surface area contributed by atoms with Crippen LogP contribution < -0.4 is 5.32 Å². The van der Waals surface area contributed by atoms with E-state index < -0.39 is 0 Å². The molecule has 0 aliphatic heterocycles. The Morgan fingerprint density at radius 1 is 1.25 bits per heavy atom. The van der Waals surface area contributed by atoms with Crippen LogP contribution in [0, 0.1) is 0 Å². The van der Waals surface area contributed by atoms with E-state index in [1.54, 1.807) is 24.5 Å². The Bertz CT molecular complexity index is 599. The van der Waals surface area contributed by atoms with Crippen molar-refractivity contribution in [3.63, 3.8) is 0 Å². The maximum Gasteiger partial charge on any atom is 0.255 e. The van der Waals surface area contributed by atoms with Gasteiger partial charge < -0.3 is 10.2 Å². The van der Waals surface area contributed by atoms with E-state index in [9.17, 15) is 4.79 Å². The minimum atomic E-state index is -0.139. The van der Waals surface area contributed by atoms with Crippen molar-refractivity contribution in [3.05, 3.63) is 58.3 Å². The number of halogens is 1. The quantitative estimate of drug-likeness (QED) is 0.934. The van der Waals surface area contributed by atoms with E-state index >= 15 is 0 Å². The van der Waals surface area contributed by atoms with Crippen LogP contribution in [0.5, 0.6) is 0 Å². The number of hydrogen-bond donors (Lipinski definition) is 1. The molecule has 2 rings (SSSR count). The van der Waals surface area contributed by atoms with Crippen LogP contribution in [0.2, 0.25) is 0 Å². The van der Waals surface area contributed by atoms with Crippen LogP contribution in [0.15, 0.2) is 47.2 Å². The van der Waals surface area contributed by atoms with E-state index in [1.807, 2.05) is 32.3 Å². The summed E-state index contributed by atoms with van der Waals surface area (Å²) in [4.78, 5) is 18.0. The third-order valence-electron chi connectivity index (χ3n) is 2.74. The fourth-order valence-electron chi connectivity index (χ4n) is 1.80. The number of carbonyl (C=O) groups is 1. The van der Waals surface area contributed by atoms with Gasteiger partial charge in [0.15, 0.2) is 0 Å². The predicted octanol–water partition coefficient (Wildman–Crippen LogP) is 3.16. The summed E-state index contributed by atoms with van der Waals surface area (Å²) < 4.78 is 0.985. The van der Waals surface area contributed by atoms with Gasteiger partial charge in [0, 0.05) is 34.7 Å². The van der Waals surface area contributed by atoms with Gasteiger partial charge in [-0.25, -0.2) is 0 Å². The first-order chi connectivity index (χ1) is 9.56. The molecule has 1 heterocycles. The lowest BCUT2D eigenvalue weighted by Gasteiger charge is -2.13. The summed E-state index contributed by atoms with van der Waals surface area (Å²) in [5.74, 6) is -0.139.